The van der Waals surface area contributed by atoms with Crippen LogP contribution in [0.1, 0.15) is 40.5 Å². The minimum Gasteiger partial charge on any atom is -0.444 e. The van der Waals surface area contributed by atoms with Crippen LogP contribution in [-0.2, 0) is 4.74 Å². The molecule has 0 radical (unpaired) electrons. The highest BCUT2D eigenvalue weighted by Crippen LogP contribution is 2.22. The van der Waals surface area contributed by atoms with Gasteiger partial charge in [-0.1, -0.05) is 0 Å². The van der Waals surface area contributed by atoms with Gasteiger partial charge in [-0.05, 0) is 40.5 Å². The third-order valence-corrected chi connectivity index (χ3v) is 2.91. The van der Waals surface area contributed by atoms with Gasteiger partial charge in [-0.15, -0.1) is 0 Å². The summed E-state index contributed by atoms with van der Waals surface area (Å²) >= 11 is 4.42. The molecule has 0 aromatic rings. The molecule has 0 aliphatic carbocycles. The molecule has 2 unspecified atom stereocenters. The van der Waals surface area contributed by atoms with Crippen LogP contribution in [0.15, 0.2) is 0 Å². The second-order valence-electron chi connectivity index (χ2n) is 5.21. The fraction of sp³-hybridized carbons (Fsp3) is 0.909. The lowest BCUT2D eigenvalue weighted by molar-refractivity contribution is 0.0127. The van der Waals surface area contributed by atoms with Crippen LogP contribution in [0.5, 0.6) is 0 Å². The normalized spacial score (nSPS) is 27.7. The Balaban J connectivity index is 2.57. The van der Waals surface area contributed by atoms with Crippen molar-refractivity contribution >= 4 is 18.7 Å². The van der Waals surface area contributed by atoms with E-state index in [4.69, 9.17) is 4.74 Å². The van der Waals surface area contributed by atoms with Gasteiger partial charge in [0.1, 0.15) is 5.60 Å². The van der Waals surface area contributed by atoms with E-state index in [1.807, 2.05) is 20.8 Å². The summed E-state index contributed by atoms with van der Waals surface area (Å²) in [5.74, 6) is 0. The molecule has 1 heterocycles. The Morgan fingerprint density at radius 2 is 2.00 bits per heavy atom. The van der Waals surface area contributed by atoms with Gasteiger partial charge in [0.05, 0.1) is 0 Å². The number of rotatable bonds is 0. The monoisotopic (exact) mass is 231 g/mol. The number of ether oxygens (including phenoxy) is 1. The molecule has 0 N–H and O–H groups in total. The van der Waals surface area contributed by atoms with Crippen molar-refractivity contribution in [3.05, 3.63) is 0 Å². The molecule has 1 aliphatic rings. The van der Waals surface area contributed by atoms with Gasteiger partial charge in [-0.25, -0.2) is 4.79 Å². The van der Waals surface area contributed by atoms with Crippen LogP contribution in [0.4, 0.5) is 4.79 Å². The average molecular weight is 231 g/mol. The summed E-state index contributed by atoms with van der Waals surface area (Å²) in [5.41, 5.74) is -0.416. The van der Waals surface area contributed by atoms with Crippen molar-refractivity contribution in [2.24, 2.45) is 0 Å². The van der Waals surface area contributed by atoms with Crippen LogP contribution < -0.4 is 0 Å². The molecule has 0 aromatic heterocycles. The van der Waals surface area contributed by atoms with Crippen molar-refractivity contribution in [3.63, 3.8) is 0 Å². The lowest BCUT2D eigenvalue weighted by atomic mass is 10.0. The molecule has 0 saturated carbocycles. The van der Waals surface area contributed by atoms with Gasteiger partial charge < -0.3 is 9.64 Å². The van der Waals surface area contributed by atoms with Gasteiger partial charge in [0, 0.05) is 17.8 Å². The zero-order valence-corrected chi connectivity index (χ0v) is 10.9. The van der Waals surface area contributed by atoms with Crippen LogP contribution in [0.25, 0.3) is 0 Å². The Kier molecular flexibility index (Phi) is 3.93. The summed E-state index contributed by atoms with van der Waals surface area (Å²) in [6, 6.07) is 0.267. The molecule has 4 heteroatoms. The van der Waals surface area contributed by atoms with Crippen molar-refractivity contribution in [1.82, 2.24) is 4.90 Å². The van der Waals surface area contributed by atoms with E-state index in [0.717, 1.165) is 12.8 Å². The molecule has 0 spiro atoms. The Hall–Kier alpha value is -0.380. The maximum Gasteiger partial charge on any atom is 0.410 e. The van der Waals surface area contributed by atoms with E-state index in [-0.39, 0.29) is 17.4 Å². The number of thiol groups is 1. The summed E-state index contributed by atoms with van der Waals surface area (Å²) in [6.07, 6.45) is 1.87. The second kappa shape index (κ2) is 4.64. The average Bonchev–Trinajstić information content (AvgIpc) is 2.06. The quantitative estimate of drug-likeness (QED) is 0.650. The molecule has 1 fully saturated rings. The Morgan fingerprint density at radius 3 is 2.53 bits per heavy atom. The van der Waals surface area contributed by atoms with E-state index in [2.05, 4.69) is 19.6 Å². The summed E-state index contributed by atoms with van der Waals surface area (Å²) in [5, 5.41) is 0.286. The van der Waals surface area contributed by atoms with E-state index >= 15 is 0 Å². The Bertz CT molecular complexity index is 237. The van der Waals surface area contributed by atoms with Gasteiger partial charge in [0.2, 0.25) is 0 Å². The van der Waals surface area contributed by atoms with E-state index in [9.17, 15) is 4.79 Å². The summed E-state index contributed by atoms with van der Waals surface area (Å²) in [6.45, 7) is 8.41. The third-order valence-electron chi connectivity index (χ3n) is 2.49. The molecule has 2 atom stereocenters. The van der Waals surface area contributed by atoms with Crippen molar-refractivity contribution in [2.75, 3.05) is 6.54 Å². The summed E-state index contributed by atoms with van der Waals surface area (Å²) in [4.78, 5) is 13.6. The number of hydrogen-bond donors (Lipinski definition) is 1. The smallest absolute Gasteiger partial charge is 0.410 e. The molecule has 0 bridgehead atoms. The second-order valence-corrected chi connectivity index (χ2v) is 5.94. The van der Waals surface area contributed by atoms with E-state index < -0.39 is 5.60 Å². The topological polar surface area (TPSA) is 29.5 Å². The van der Waals surface area contributed by atoms with Crippen molar-refractivity contribution < 1.29 is 9.53 Å². The first-order valence-electron chi connectivity index (χ1n) is 5.47. The fourth-order valence-electron chi connectivity index (χ4n) is 1.66. The molecule has 15 heavy (non-hydrogen) atoms. The number of piperidine rings is 1. The zero-order valence-electron chi connectivity index (χ0n) is 9.99. The molecule has 1 aliphatic heterocycles. The molecule has 3 nitrogen and oxygen atoms in total. The Labute approximate surface area is 97.6 Å². The molecule has 1 rings (SSSR count). The first kappa shape index (κ1) is 12.7. The number of carbonyl (C=O) groups excluding carboxylic acids is 1. The number of carbonyl (C=O) groups is 1. The predicted octanol–water partition coefficient (Wildman–Crippen LogP) is 2.70. The van der Waals surface area contributed by atoms with Crippen molar-refractivity contribution in [2.45, 2.75) is 57.4 Å². The molecule has 0 aromatic carbocycles. The lowest BCUT2D eigenvalue weighted by Crippen LogP contribution is -2.48. The van der Waals surface area contributed by atoms with E-state index in [1.54, 1.807) is 4.90 Å². The summed E-state index contributed by atoms with van der Waals surface area (Å²) in [7, 11) is 0. The first-order valence-corrected chi connectivity index (χ1v) is 5.99. The van der Waals surface area contributed by atoms with E-state index in [0.29, 0.717) is 6.54 Å². The van der Waals surface area contributed by atoms with Crippen LogP contribution >= 0.6 is 12.6 Å². The maximum absolute atomic E-state index is 11.8. The molecular weight excluding hydrogens is 210 g/mol. The number of hydrogen-bond acceptors (Lipinski definition) is 3. The van der Waals surface area contributed by atoms with Gasteiger partial charge in [0.25, 0.3) is 0 Å². The van der Waals surface area contributed by atoms with Crippen LogP contribution in [0.2, 0.25) is 0 Å². The van der Waals surface area contributed by atoms with E-state index in [1.165, 1.54) is 0 Å². The van der Waals surface area contributed by atoms with Gasteiger partial charge in [-0.3, -0.25) is 0 Å². The third kappa shape index (κ3) is 3.93. The summed E-state index contributed by atoms with van der Waals surface area (Å²) < 4.78 is 5.35. The number of nitrogens with zero attached hydrogens (tertiary/aromatic N) is 1. The molecule has 1 amide bonds. The van der Waals surface area contributed by atoms with Crippen molar-refractivity contribution in [3.8, 4) is 0 Å². The van der Waals surface area contributed by atoms with Crippen LogP contribution in [0, 0.1) is 0 Å². The SMILES string of the molecule is CC1CCC(S)CN1C(=O)OC(C)(C)C. The highest BCUT2D eigenvalue weighted by molar-refractivity contribution is 7.81. The largest absolute Gasteiger partial charge is 0.444 e. The zero-order chi connectivity index (χ0) is 11.6. The van der Waals surface area contributed by atoms with Crippen LogP contribution in [0.3, 0.4) is 0 Å². The molecule has 88 valence electrons. The number of likely N-dealkylation sites (tertiary alicyclic amines) is 1. The van der Waals surface area contributed by atoms with Crippen LogP contribution in [-0.4, -0.2) is 34.4 Å². The van der Waals surface area contributed by atoms with Gasteiger partial charge >= 0.3 is 6.09 Å². The fourth-order valence-corrected chi connectivity index (χ4v) is 1.99. The standard InChI is InChI=1S/C11H21NO2S/c1-8-5-6-9(15)7-12(8)10(13)14-11(2,3)4/h8-9,15H,5-7H2,1-4H3. The van der Waals surface area contributed by atoms with Crippen molar-refractivity contribution in [1.29, 1.82) is 0 Å². The highest BCUT2D eigenvalue weighted by atomic mass is 32.1. The van der Waals surface area contributed by atoms with Gasteiger partial charge in [0.15, 0.2) is 0 Å². The maximum atomic E-state index is 11.8. The molecule has 1 saturated heterocycles. The number of amides is 1. The molecular formula is C11H21NO2S. The highest BCUT2D eigenvalue weighted by Gasteiger charge is 2.30. The Morgan fingerprint density at radius 1 is 1.40 bits per heavy atom. The minimum absolute atomic E-state index is 0.214. The minimum atomic E-state index is -0.416. The van der Waals surface area contributed by atoms with Gasteiger partial charge in [-0.2, -0.15) is 12.6 Å². The predicted molar refractivity (Wildman–Crippen MR) is 64.4 cm³/mol. The lowest BCUT2D eigenvalue weighted by Gasteiger charge is -2.37. The first-order chi connectivity index (χ1) is 6.79.